The van der Waals surface area contributed by atoms with Crippen LogP contribution in [0.25, 0.3) is 11.1 Å². The summed E-state index contributed by atoms with van der Waals surface area (Å²) in [5.41, 5.74) is 2.09. The first-order chi connectivity index (χ1) is 7.31. The molecule has 2 aromatic rings. The Morgan fingerprint density at radius 2 is 2.07 bits per heavy atom. The highest BCUT2D eigenvalue weighted by molar-refractivity contribution is 7.98. The van der Waals surface area contributed by atoms with E-state index < -0.39 is 0 Å². The summed E-state index contributed by atoms with van der Waals surface area (Å²) >= 11 is 7.76. The van der Waals surface area contributed by atoms with Gasteiger partial charge in [-0.3, -0.25) is 0 Å². The lowest BCUT2D eigenvalue weighted by Crippen LogP contribution is -1.82. The summed E-state index contributed by atoms with van der Waals surface area (Å²) in [7, 11) is 0. The predicted molar refractivity (Wildman–Crippen MR) is 66.5 cm³/mol. The van der Waals surface area contributed by atoms with Crippen LogP contribution < -0.4 is 0 Å². The molecule has 0 aliphatic heterocycles. The standard InChI is InChI=1S/C12H10ClNS/c1-15-10-5-2-4-9(8-10)11-6-3-7-14-12(11)13/h2-8H,1H3. The maximum absolute atomic E-state index is 6.04. The third kappa shape index (κ3) is 2.33. The minimum atomic E-state index is 0.552. The first-order valence-corrected chi connectivity index (χ1v) is 6.16. The van der Waals surface area contributed by atoms with Crippen LogP contribution in [-0.4, -0.2) is 11.2 Å². The van der Waals surface area contributed by atoms with E-state index in [9.17, 15) is 0 Å². The molecule has 0 unspecified atom stereocenters. The molecule has 2 rings (SSSR count). The molecular formula is C12H10ClNS. The monoisotopic (exact) mass is 235 g/mol. The van der Waals surface area contributed by atoms with Gasteiger partial charge in [0, 0.05) is 16.7 Å². The Kier molecular flexibility index (Phi) is 3.29. The lowest BCUT2D eigenvalue weighted by molar-refractivity contribution is 1.32. The van der Waals surface area contributed by atoms with Gasteiger partial charge in [0.25, 0.3) is 0 Å². The molecule has 0 saturated heterocycles. The molecule has 1 heterocycles. The normalized spacial score (nSPS) is 10.3. The van der Waals surface area contributed by atoms with Gasteiger partial charge < -0.3 is 0 Å². The van der Waals surface area contributed by atoms with Gasteiger partial charge in [-0.2, -0.15) is 0 Å². The molecule has 0 saturated carbocycles. The molecule has 0 aliphatic rings. The van der Waals surface area contributed by atoms with E-state index >= 15 is 0 Å². The molecule has 0 radical (unpaired) electrons. The molecule has 0 spiro atoms. The third-order valence-electron chi connectivity index (χ3n) is 2.14. The quantitative estimate of drug-likeness (QED) is 0.574. The summed E-state index contributed by atoms with van der Waals surface area (Å²) in [6.07, 6.45) is 3.76. The molecule has 76 valence electrons. The average Bonchev–Trinajstić information content (AvgIpc) is 2.30. The van der Waals surface area contributed by atoms with Crippen molar-refractivity contribution in [2.75, 3.05) is 6.26 Å². The van der Waals surface area contributed by atoms with Crippen molar-refractivity contribution >= 4 is 23.4 Å². The van der Waals surface area contributed by atoms with Gasteiger partial charge >= 0.3 is 0 Å². The lowest BCUT2D eigenvalue weighted by Gasteiger charge is -2.04. The van der Waals surface area contributed by atoms with E-state index in [1.54, 1.807) is 18.0 Å². The molecule has 3 heteroatoms. The second kappa shape index (κ2) is 4.69. The van der Waals surface area contributed by atoms with E-state index in [2.05, 4.69) is 23.4 Å². The Labute approximate surface area is 98.5 Å². The fourth-order valence-corrected chi connectivity index (χ4v) is 2.08. The van der Waals surface area contributed by atoms with E-state index in [0.29, 0.717) is 5.15 Å². The van der Waals surface area contributed by atoms with Gasteiger partial charge in [-0.15, -0.1) is 11.8 Å². The number of rotatable bonds is 2. The highest BCUT2D eigenvalue weighted by Crippen LogP contribution is 2.28. The van der Waals surface area contributed by atoms with Gasteiger partial charge in [0.05, 0.1) is 0 Å². The molecule has 0 aliphatic carbocycles. The van der Waals surface area contributed by atoms with Gasteiger partial charge in [0.2, 0.25) is 0 Å². The number of nitrogens with zero attached hydrogens (tertiary/aromatic N) is 1. The van der Waals surface area contributed by atoms with Gasteiger partial charge in [-0.25, -0.2) is 4.98 Å². The molecular weight excluding hydrogens is 226 g/mol. The highest BCUT2D eigenvalue weighted by Gasteiger charge is 2.03. The van der Waals surface area contributed by atoms with Crippen molar-refractivity contribution in [3.8, 4) is 11.1 Å². The van der Waals surface area contributed by atoms with E-state index in [0.717, 1.165) is 11.1 Å². The maximum Gasteiger partial charge on any atom is 0.136 e. The third-order valence-corrected chi connectivity index (χ3v) is 3.17. The van der Waals surface area contributed by atoms with Crippen molar-refractivity contribution < 1.29 is 0 Å². The number of benzene rings is 1. The highest BCUT2D eigenvalue weighted by atomic mass is 35.5. The summed E-state index contributed by atoms with van der Waals surface area (Å²) in [4.78, 5) is 5.30. The number of thioether (sulfide) groups is 1. The van der Waals surface area contributed by atoms with Crippen molar-refractivity contribution in [3.63, 3.8) is 0 Å². The molecule has 0 bridgehead atoms. The second-order valence-electron chi connectivity index (χ2n) is 3.07. The molecule has 1 aromatic heterocycles. The van der Waals surface area contributed by atoms with E-state index in [-0.39, 0.29) is 0 Å². The number of aromatic nitrogens is 1. The Hall–Kier alpha value is -0.990. The van der Waals surface area contributed by atoms with Crippen LogP contribution >= 0.6 is 23.4 Å². The van der Waals surface area contributed by atoms with E-state index in [4.69, 9.17) is 11.6 Å². The zero-order valence-electron chi connectivity index (χ0n) is 8.27. The minimum absolute atomic E-state index is 0.552. The van der Waals surface area contributed by atoms with Crippen molar-refractivity contribution in [1.29, 1.82) is 0 Å². The van der Waals surface area contributed by atoms with E-state index in [1.807, 2.05) is 24.3 Å². The number of hydrogen-bond acceptors (Lipinski definition) is 2. The summed E-state index contributed by atoms with van der Waals surface area (Å²) < 4.78 is 0. The zero-order valence-corrected chi connectivity index (χ0v) is 9.85. The Balaban J connectivity index is 2.49. The SMILES string of the molecule is CSc1cccc(-c2cccnc2Cl)c1. The van der Waals surface area contributed by atoms with Crippen LogP contribution in [0.2, 0.25) is 5.15 Å². The second-order valence-corrected chi connectivity index (χ2v) is 4.31. The maximum atomic E-state index is 6.04. The average molecular weight is 236 g/mol. The smallest absolute Gasteiger partial charge is 0.136 e. The summed E-state index contributed by atoms with van der Waals surface area (Å²) in [5, 5.41) is 0.552. The molecule has 0 N–H and O–H groups in total. The fourth-order valence-electron chi connectivity index (χ4n) is 1.39. The summed E-state index contributed by atoms with van der Waals surface area (Å²) in [6, 6.07) is 12.2. The van der Waals surface area contributed by atoms with E-state index in [1.165, 1.54) is 4.90 Å². The Morgan fingerprint density at radius 1 is 1.20 bits per heavy atom. The van der Waals surface area contributed by atoms with Crippen LogP contribution in [0.3, 0.4) is 0 Å². The topological polar surface area (TPSA) is 12.9 Å². The van der Waals surface area contributed by atoms with Crippen LogP contribution in [0.5, 0.6) is 0 Å². The fraction of sp³-hybridized carbons (Fsp3) is 0.0833. The molecule has 0 fully saturated rings. The van der Waals surface area contributed by atoms with Crippen molar-refractivity contribution in [2.24, 2.45) is 0 Å². The van der Waals surface area contributed by atoms with Gasteiger partial charge in [-0.1, -0.05) is 23.7 Å². The zero-order chi connectivity index (χ0) is 10.7. The predicted octanol–water partition coefficient (Wildman–Crippen LogP) is 4.12. The molecule has 0 atom stereocenters. The Bertz CT molecular complexity index is 471. The van der Waals surface area contributed by atoms with Crippen LogP contribution in [0, 0.1) is 0 Å². The van der Waals surface area contributed by atoms with Gasteiger partial charge in [0.1, 0.15) is 5.15 Å². The van der Waals surface area contributed by atoms with Crippen LogP contribution in [-0.2, 0) is 0 Å². The Morgan fingerprint density at radius 3 is 2.80 bits per heavy atom. The summed E-state index contributed by atoms with van der Waals surface area (Å²) in [5.74, 6) is 0. The number of hydrogen-bond donors (Lipinski definition) is 0. The lowest BCUT2D eigenvalue weighted by atomic mass is 10.1. The van der Waals surface area contributed by atoms with Gasteiger partial charge in [-0.05, 0) is 36.1 Å². The van der Waals surface area contributed by atoms with Crippen LogP contribution in [0.4, 0.5) is 0 Å². The molecule has 1 nitrogen and oxygen atoms in total. The first-order valence-electron chi connectivity index (χ1n) is 4.56. The molecule has 0 amide bonds. The van der Waals surface area contributed by atoms with Crippen molar-refractivity contribution in [3.05, 3.63) is 47.7 Å². The number of pyridine rings is 1. The summed E-state index contributed by atoms with van der Waals surface area (Å²) in [6.45, 7) is 0. The first kappa shape index (κ1) is 10.5. The molecule has 15 heavy (non-hydrogen) atoms. The largest absolute Gasteiger partial charge is 0.244 e. The minimum Gasteiger partial charge on any atom is -0.244 e. The number of halogens is 1. The molecule has 1 aromatic carbocycles. The van der Waals surface area contributed by atoms with Crippen molar-refractivity contribution in [2.45, 2.75) is 4.90 Å². The van der Waals surface area contributed by atoms with Crippen molar-refractivity contribution in [1.82, 2.24) is 4.98 Å². The van der Waals surface area contributed by atoms with Crippen LogP contribution in [0.15, 0.2) is 47.5 Å². The van der Waals surface area contributed by atoms with Crippen LogP contribution in [0.1, 0.15) is 0 Å². The van der Waals surface area contributed by atoms with Gasteiger partial charge in [0.15, 0.2) is 0 Å².